The largest absolute Gasteiger partial charge is 0.323 e. The molecule has 0 amide bonds. The summed E-state index contributed by atoms with van der Waals surface area (Å²) in [5, 5.41) is 0. The molecule has 21 heavy (non-hydrogen) atoms. The smallest absolute Gasteiger partial charge is 0.0453 e. The molecule has 2 heteroatoms. The first-order chi connectivity index (χ1) is 10.1. The number of hydrogen-bond donors (Lipinski definition) is 1. The zero-order valence-electron chi connectivity index (χ0n) is 13.3. The number of rotatable bonds is 6. The molecule has 2 nitrogen and oxygen atoms in total. The van der Waals surface area contributed by atoms with Gasteiger partial charge in [-0.25, -0.2) is 0 Å². The number of likely N-dealkylation sites (N-methyl/N-ethyl adjacent to an activating group) is 1. The first kappa shape index (κ1) is 15.7. The second kappa shape index (κ2) is 7.39. The van der Waals surface area contributed by atoms with E-state index in [4.69, 9.17) is 5.73 Å². The van der Waals surface area contributed by atoms with E-state index in [2.05, 4.69) is 74.3 Å². The highest BCUT2D eigenvalue weighted by Crippen LogP contribution is 2.22. The van der Waals surface area contributed by atoms with E-state index in [-0.39, 0.29) is 6.04 Å². The summed E-state index contributed by atoms with van der Waals surface area (Å²) in [6.45, 7) is 5.31. The van der Waals surface area contributed by atoms with Crippen LogP contribution < -0.4 is 5.73 Å². The minimum atomic E-state index is 0.0465. The maximum absolute atomic E-state index is 6.50. The maximum atomic E-state index is 6.50. The van der Waals surface area contributed by atoms with Crippen molar-refractivity contribution < 1.29 is 0 Å². The van der Waals surface area contributed by atoms with E-state index in [1.165, 1.54) is 16.7 Å². The Balaban J connectivity index is 2.12. The molecular weight excluding hydrogens is 256 g/mol. The molecule has 0 bridgehead atoms. The fourth-order valence-electron chi connectivity index (χ4n) is 2.91. The first-order valence-electron chi connectivity index (χ1n) is 7.68. The summed E-state index contributed by atoms with van der Waals surface area (Å²) in [5.41, 5.74) is 10.4. The summed E-state index contributed by atoms with van der Waals surface area (Å²) < 4.78 is 0. The Morgan fingerprint density at radius 3 is 2.24 bits per heavy atom. The predicted octanol–water partition coefficient (Wildman–Crippen LogP) is 3.91. The van der Waals surface area contributed by atoms with Crippen molar-refractivity contribution in [1.29, 1.82) is 0 Å². The summed E-state index contributed by atoms with van der Waals surface area (Å²) in [4.78, 5) is 2.38. The van der Waals surface area contributed by atoms with Crippen molar-refractivity contribution in [3.05, 3.63) is 71.3 Å². The van der Waals surface area contributed by atoms with Crippen molar-refractivity contribution in [3.8, 4) is 0 Å². The van der Waals surface area contributed by atoms with Gasteiger partial charge >= 0.3 is 0 Å². The van der Waals surface area contributed by atoms with Crippen LogP contribution in [0.1, 0.15) is 36.1 Å². The molecule has 2 aromatic carbocycles. The summed E-state index contributed by atoms with van der Waals surface area (Å²) in [6, 6.07) is 19.3. The van der Waals surface area contributed by atoms with Gasteiger partial charge in [0.15, 0.2) is 0 Å². The number of nitrogens with zero attached hydrogens (tertiary/aromatic N) is 1. The average Bonchev–Trinajstić information content (AvgIpc) is 2.51. The van der Waals surface area contributed by atoms with Crippen LogP contribution >= 0.6 is 0 Å². The second-order valence-corrected chi connectivity index (χ2v) is 5.75. The van der Waals surface area contributed by atoms with Gasteiger partial charge < -0.3 is 5.73 Å². The lowest BCUT2D eigenvalue weighted by Gasteiger charge is -2.32. The molecule has 0 saturated carbocycles. The molecule has 0 aliphatic heterocycles. The molecule has 2 N–H and O–H groups in total. The molecule has 2 unspecified atom stereocenters. The van der Waals surface area contributed by atoms with Crippen LogP contribution in [0.3, 0.4) is 0 Å². The lowest BCUT2D eigenvalue weighted by Crippen LogP contribution is -2.39. The molecule has 0 aliphatic carbocycles. The molecule has 0 saturated heterocycles. The molecule has 0 aromatic heterocycles. The molecule has 112 valence electrons. The minimum Gasteiger partial charge on any atom is -0.323 e. The SMILES string of the molecule is CCC(C(N)c1ccccc1)N(C)Cc1ccccc1C. The highest BCUT2D eigenvalue weighted by molar-refractivity contribution is 5.26. The Morgan fingerprint density at radius 2 is 1.62 bits per heavy atom. The van der Waals surface area contributed by atoms with Crippen LogP contribution in [-0.4, -0.2) is 18.0 Å². The summed E-state index contributed by atoms with van der Waals surface area (Å²) >= 11 is 0. The highest BCUT2D eigenvalue weighted by atomic mass is 15.1. The molecular formula is C19H26N2. The Hall–Kier alpha value is -1.64. The van der Waals surface area contributed by atoms with Crippen molar-refractivity contribution in [2.24, 2.45) is 5.73 Å². The van der Waals surface area contributed by atoms with Crippen molar-refractivity contribution in [2.45, 2.75) is 38.9 Å². The molecule has 2 atom stereocenters. The molecule has 2 aromatic rings. The van der Waals surface area contributed by atoms with Crippen LogP contribution in [0.25, 0.3) is 0 Å². The van der Waals surface area contributed by atoms with Crippen molar-refractivity contribution in [1.82, 2.24) is 4.90 Å². The maximum Gasteiger partial charge on any atom is 0.0453 e. The van der Waals surface area contributed by atoms with Gasteiger partial charge in [-0.2, -0.15) is 0 Å². The van der Waals surface area contributed by atoms with E-state index < -0.39 is 0 Å². The van der Waals surface area contributed by atoms with E-state index in [0.717, 1.165) is 13.0 Å². The highest BCUT2D eigenvalue weighted by Gasteiger charge is 2.22. The van der Waals surface area contributed by atoms with Gasteiger partial charge in [0, 0.05) is 18.6 Å². The number of nitrogens with two attached hydrogens (primary N) is 1. The number of aryl methyl sites for hydroxylation is 1. The van der Waals surface area contributed by atoms with Gasteiger partial charge in [-0.15, -0.1) is 0 Å². The molecule has 0 aliphatic rings. The molecule has 0 spiro atoms. The lowest BCUT2D eigenvalue weighted by molar-refractivity contribution is 0.197. The van der Waals surface area contributed by atoms with Gasteiger partial charge in [-0.1, -0.05) is 61.5 Å². The van der Waals surface area contributed by atoms with Crippen LogP contribution in [0, 0.1) is 6.92 Å². The Bertz CT molecular complexity index is 551. The van der Waals surface area contributed by atoms with Crippen LogP contribution in [0.15, 0.2) is 54.6 Å². The Morgan fingerprint density at radius 1 is 1.00 bits per heavy atom. The van der Waals surface area contributed by atoms with E-state index >= 15 is 0 Å². The normalized spacial score (nSPS) is 14.1. The van der Waals surface area contributed by atoms with Crippen LogP contribution in [0.5, 0.6) is 0 Å². The summed E-state index contributed by atoms with van der Waals surface area (Å²) in [7, 11) is 2.17. The van der Waals surface area contributed by atoms with Gasteiger partial charge in [0.1, 0.15) is 0 Å². The third-order valence-corrected chi connectivity index (χ3v) is 4.26. The van der Waals surface area contributed by atoms with E-state index in [0.29, 0.717) is 6.04 Å². The van der Waals surface area contributed by atoms with Gasteiger partial charge in [0.2, 0.25) is 0 Å². The second-order valence-electron chi connectivity index (χ2n) is 5.75. The van der Waals surface area contributed by atoms with Crippen molar-refractivity contribution in [2.75, 3.05) is 7.05 Å². The zero-order chi connectivity index (χ0) is 15.2. The van der Waals surface area contributed by atoms with E-state index in [1.54, 1.807) is 0 Å². The predicted molar refractivity (Wildman–Crippen MR) is 90.1 cm³/mol. The Labute approximate surface area is 128 Å². The average molecular weight is 282 g/mol. The van der Waals surface area contributed by atoms with Crippen LogP contribution in [-0.2, 0) is 6.54 Å². The summed E-state index contributed by atoms with van der Waals surface area (Å²) in [5.74, 6) is 0. The van der Waals surface area contributed by atoms with Crippen LogP contribution in [0.4, 0.5) is 0 Å². The third-order valence-electron chi connectivity index (χ3n) is 4.26. The number of hydrogen-bond acceptors (Lipinski definition) is 2. The molecule has 0 fully saturated rings. The monoisotopic (exact) mass is 282 g/mol. The fraction of sp³-hybridized carbons (Fsp3) is 0.368. The quantitative estimate of drug-likeness (QED) is 0.870. The van der Waals surface area contributed by atoms with Gasteiger partial charge in [0.05, 0.1) is 0 Å². The van der Waals surface area contributed by atoms with Crippen molar-refractivity contribution >= 4 is 0 Å². The van der Waals surface area contributed by atoms with Crippen molar-refractivity contribution in [3.63, 3.8) is 0 Å². The van der Waals surface area contributed by atoms with E-state index in [1.807, 2.05) is 6.07 Å². The zero-order valence-corrected chi connectivity index (χ0v) is 13.3. The lowest BCUT2D eigenvalue weighted by atomic mass is 9.96. The minimum absolute atomic E-state index is 0.0465. The third kappa shape index (κ3) is 3.93. The van der Waals surface area contributed by atoms with E-state index in [9.17, 15) is 0 Å². The molecule has 2 rings (SSSR count). The topological polar surface area (TPSA) is 29.3 Å². The van der Waals surface area contributed by atoms with Gasteiger partial charge in [-0.3, -0.25) is 4.90 Å². The first-order valence-corrected chi connectivity index (χ1v) is 7.68. The van der Waals surface area contributed by atoms with Gasteiger partial charge in [0.25, 0.3) is 0 Å². The Kier molecular flexibility index (Phi) is 5.54. The molecule has 0 heterocycles. The molecule has 0 radical (unpaired) electrons. The fourth-order valence-corrected chi connectivity index (χ4v) is 2.91. The standard InChI is InChI=1S/C19H26N2/c1-4-18(19(20)16-11-6-5-7-12-16)21(3)14-17-13-9-8-10-15(17)2/h5-13,18-19H,4,14,20H2,1-3H3. The number of benzene rings is 2. The van der Waals surface area contributed by atoms with Gasteiger partial charge in [-0.05, 0) is 37.1 Å². The summed E-state index contributed by atoms with van der Waals surface area (Å²) in [6.07, 6.45) is 1.04. The van der Waals surface area contributed by atoms with Crippen LogP contribution in [0.2, 0.25) is 0 Å².